The van der Waals surface area contributed by atoms with Gasteiger partial charge in [0, 0.05) is 0 Å². The van der Waals surface area contributed by atoms with Gasteiger partial charge in [0.15, 0.2) is 0 Å². The Morgan fingerprint density at radius 3 is 1.03 bits per heavy atom. The first kappa shape index (κ1) is 37.3. The number of hydrogen-bond donors (Lipinski definition) is 0. The van der Waals surface area contributed by atoms with Crippen LogP contribution in [0.2, 0.25) is 8.87 Å². The van der Waals surface area contributed by atoms with Gasteiger partial charge in [-0.2, -0.15) is 0 Å². The van der Waals surface area contributed by atoms with Crippen molar-refractivity contribution in [1.29, 1.82) is 0 Å². The van der Waals surface area contributed by atoms with Gasteiger partial charge in [-0.1, -0.05) is 0 Å². The molecule has 0 aromatic carbocycles. The Hall–Kier alpha value is 0.299. The Bertz CT molecular complexity index is 456. The molecule has 0 rings (SSSR count). The quantitative estimate of drug-likeness (QED) is 0.0525. The van der Waals surface area contributed by atoms with Crippen LogP contribution in [0.5, 0.6) is 0 Å². The van der Waals surface area contributed by atoms with Gasteiger partial charge in [0.2, 0.25) is 0 Å². The number of rotatable bonds is 26. The van der Waals surface area contributed by atoms with Gasteiger partial charge in [0.25, 0.3) is 0 Å². The molecule has 0 aliphatic rings. The Balaban J connectivity index is 4.82. The third kappa shape index (κ3) is 26.3. The van der Waals surface area contributed by atoms with Crippen LogP contribution in [-0.2, 0) is 6.15 Å². The zero-order valence-electron chi connectivity index (χ0n) is 23.6. The van der Waals surface area contributed by atoms with Gasteiger partial charge in [-0.15, -0.1) is 0 Å². The molecule has 0 N–H and O–H groups in total. The van der Waals surface area contributed by atoms with E-state index >= 15 is 0 Å². The van der Waals surface area contributed by atoms with Gasteiger partial charge in [0.05, 0.1) is 0 Å². The van der Waals surface area contributed by atoms with Crippen molar-refractivity contribution in [2.24, 2.45) is 0 Å². The predicted molar refractivity (Wildman–Crippen MR) is 143 cm³/mol. The third-order valence-corrected chi connectivity index (χ3v) is 17.3. The van der Waals surface area contributed by atoms with Crippen molar-refractivity contribution in [3.8, 4) is 0 Å². The van der Waals surface area contributed by atoms with Crippen LogP contribution >= 0.6 is 0 Å². The zero-order chi connectivity index (χ0) is 27.9. The summed E-state index contributed by atoms with van der Waals surface area (Å²) in [6.45, 7) is 5.13. The fourth-order valence-electron chi connectivity index (χ4n) is 4.56. The van der Waals surface area contributed by atoms with Crippen LogP contribution in [0.25, 0.3) is 0 Å². The van der Waals surface area contributed by atoms with E-state index in [0.29, 0.717) is 13.2 Å². The maximum absolute atomic E-state index is 12.8. The Kier molecular flexibility index (Phi) is 23.2. The topological polar surface area (TPSA) is 18.5 Å². The Labute approximate surface area is 228 Å². The molecule has 0 heterocycles. The van der Waals surface area contributed by atoms with Crippen LogP contribution in [0.1, 0.15) is 142 Å². The van der Waals surface area contributed by atoms with Crippen LogP contribution in [0, 0.1) is 0 Å². The standard InChI is InChI=1S/2C10H21O.2C4H6F3.Sn/c2*1-2-3-4-5-6-7-8-9-10-11;2*1-2-3-4(5,6)7;/h2*2-10H2,1H3;2*1-3H2;/q2*-1;;;+2. The van der Waals surface area contributed by atoms with Gasteiger partial charge < -0.3 is 0 Å². The molecule has 9 heteroatoms. The average Bonchev–Trinajstić information content (AvgIpc) is 2.80. The van der Waals surface area contributed by atoms with Gasteiger partial charge in [-0.25, -0.2) is 0 Å². The first-order valence-corrected chi connectivity index (χ1v) is 21.3. The molecular weight excluding hydrogens is 601 g/mol. The molecule has 0 fully saturated rings. The normalized spacial score (nSPS) is 13.0. The first-order valence-electron chi connectivity index (χ1n) is 14.9. The fraction of sp³-hybridized carbons (Fsp3) is 1.00. The predicted octanol–water partition coefficient (Wildman–Crippen LogP) is 11.4. The third-order valence-electron chi connectivity index (χ3n) is 6.76. The van der Waals surface area contributed by atoms with E-state index in [0.717, 1.165) is 51.4 Å². The molecule has 37 heavy (non-hydrogen) atoms. The molecule has 0 aliphatic heterocycles. The Morgan fingerprint density at radius 1 is 0.432 bits per heavy atom. The molecular formula is C28H54F6O2Sn. The van der Waals surface area contributed by atoms with Crippen molar-refractivity contribution in [1.82, 2.24) is 0 Å². The van der Waals surface area contributed by atoms with E-state index in [-0.39, 0.29) is 21.7 Å². The first-order chi connectivity index (χ1) is 17.5. The van der Waals surface area contributed by atoms with E-state index in [9.17, 15) is 26.3 Å². The summed E-state index contributed by atoms with van der Waals surface area (Å²) < 4.78 is 89.8. The molecule has 0 atom stereocenters. The van der Waals surface area contributed by atoms with Crippen molar-refractivity contribution in [3.63, 3.8) is 0 Å². The molecule has 0 radical (unpaired) electrons. The van der Waals surface area contributed by atoms with E-state index in [2.05, 4.69) is 13.8 Å². The number of hydrogen-bond acceptors (Lipinski definition) is 2. The molecule has 0 aromatic heterocycles. The Morgan fingerprint density at radius 2 is 0.730 bits per heavy atom. The van der Waals surface area contributed by atoms with Crippen molar-refractivity contribution in [2.75, 3.05) is 13.2 Å². The average molecular weight is 655 g/mol. The molecule has 2 nitrogen and oxygen atoms in total. The summed E-state index contributed by atoms with van der Waals surface area (Å²) in [5.74, 6) is 0. The van der Waals surface area contributed by atoms with Crippen molar-refractivity contribution < 1.29 is 32.5 Å². The van der Waals surface area contributed by atoms with E-state index in [1.807, 2.05) is 0 Å². The SMILES string of the molecule is CCCCCCCCCC[O][Sn]([CH2]CCC(F)(F)F)([CH2]CCC(F)(F)F)[O]CCCCCCCCCC. The van der Waals surface area contributed by atoms with Crippen LogP contribution in [-0.4, -0.2) is 44.8 Å². The molecule has 0 spiro atoms. The molecule has 0 aliphatic carbocycles. The molecule has 0 amide bonds. The van der Waals surface area contributed by atoms with E-state index in [1.54, 1.807) is 0 Å². The second-order valence-electron chi connectivity index (χ2n) is 10.5. The number of unbranched alkanes of at least 4 members (excludes halogenated alkanes) is 14. The van der Waals surface area contributed by atoms with Crippen LogP contribution in [0.3, 0.4) is 0 Å². The zero-order valence-corrected chi connectivity index (χ0v) is 26.4. The van der Waals surface area contributed by atoms with Crippen LogP contribution < -0.4 is 0 Å². The van der Waals surface area contributed by atoms with E-state index in [4.69, 9.17) is 6.15 Å². The molecule has 0 saturated carbocycles. The van der Waals surface area contributed by atoms with Crippen molar-refractivity contribution in [3.05, 3.63) is 0 Å². The molecule has 224 valence electrons. The molecule has 0 aromatic rings. The number of alkyl halides is 6. The summed E-state index contributed by atoms with van der Waals surface area (Å²) in [5, 5.41) is 0. The van der Waals surface area contributed by atoms with Crippen molar-refractivity contribution >= 4 is 19.2 Å². The van der Waals surface area contributed by atoms with E-state index < -0.39 is 44.4 Å². The summed E-state index contributed by atoms with van der Waals surface area (Å²) in [5.41, 5.74) is 0. The fourth-order valence-corrected chi connectivity index (χ4v) is 14.2. The summed E-state index contributed by atoms with van der Waals surface area (Å²) in [6, 6.07) is 0. The van der Waals surface area contributed by atoms with Gasteiger partial charge in [-0.05, 0) is 0 Å². The van der Waals surface area contributed by atoms with Gasteiger partial charge in [0.1, 0.15) is 0 Å². The van der Waals surface area contributed by atoms with E-state index in [1.165, 1.54) is 51.4 Å². The molecule has 0 unspecified atom stereocenters. The monoisotopic (exact) mass is 656 g/mol. The molecule has 0 saturated heterocycles. The second kappa shape index (κ2) is 23.0. The minimum atomic E-state index is -4.28. The van der Waals surface area contributed by atoms with Gasteiger partial charge in [-0.3, -0.25) is 0 Å². The molecule has 0 bridgehead atoms. The summed E-state index contributed by atoms with van der Waals surface area (Å²) >= 11 is -4.08. The minimum absolute atomic E-state index is 0.125. The van der Waals surface area contributed by atoms with Crippen molar-refractivity contribution in [2.45, 2.75) is 163 Å². The maximum atomic E-state index is 12.8. The summed E-state index contributed by atoms with van der Waals surface area (Å²) in [4.78, 5) is 0. The van der Waals surface area contributed by atoms with Crippen LogP contribution in [0.15, 0.2) is 0 Å². The second-order valence-corrected chi connectivity index (χ2v) is 20.2. The summed E-state index contributed by atoms with van der Waals surface area (Å²) in [7, 11) is 0. The van der Waals surface area contributed by atoms with Gasteiger partial charge >= 0.3 is 228 Å². The summed E-state index contributed by atoms with van der Waals surface area (Å²) in [6.07, 6.45) is 7.05. The van der Waals surface area contributed by atoms with Crippen LogP contribution in [0.4, 0.5) is 26.3 Å². The number of halogens is 6.